The Balaban J connectivity index is 1.98. The van der Waals surface area contributed by atoms with Gasteiger partial charge < -0.3 is 15.5 Å². The van der Waals surface area contributed by atoms with Gasteiger partial charge in [-0.1, -0.05) is 29.3 Å². The van der Waals surface area contributed by atoms with Gasteiger partial charge in [-0.25, -0.2) is 4.98 Å². The zero-order valence-corrected chi connectivity index (χ0v) is 15.0. The molecule has 1 aromatic carbocycles. The smallest absolute Gasteiger partial charge is 0.229 e. The zero-order chi connectivity index (χ0) is 16.8. The van der Waals surface area contributed by atoms with E-state index in [4.69, 9.17) is 23.2 Å². The summed E-state index contributed by atoms with van der Waals surface area (Å²) in [6.45, 7) is 3.03. The van der Waals surface area contributed by atoms with E-state index in [9.17, 15) is 0 Å². The molecular weight excluding hydrogens is 333 g/mol. The average Bonchev–Trinajstić information content (AvgIpc) is 2.52. The van der Waals surface area contributed by atoms with E-state index < -0.39 is 0 Å². The van der Waals surface area contributed by atoms with E-state index in [0.717, 1.165) is 18.8 Å². The lowest BCUT2D eigenvalue weighted by atomic mass is 10.2. The van der Waals surface area contributed by atoms with Gasteiger partial charge in [-0.15, -0.1) is 0 Å². The summed E-state index contributed by atoms with van der Waals surface area (Å²) in [5, 5.41) is 7.33. The van der Waals surface area contributed by atoms with E-state index in [1.54, 1.807) is 12.3 Å². The van der Waals surface area contributed by atoms with Crippen LogP contribution in [0.5, 0.6) is 0 Å². The third kappa shape index (κ3) is 5.23. The van der Waals surface area contributed by atoms with E-state index in [1.807, 2.05) is 18.2 Å². The third-order valence-electron chi connectivity index (χ3n) is 3.60. The fourth-order valence-corrected chi connectivity index (χ4v) is 2.25. The molecule has 0 saturated carbocycles. The standard InChI is InChI=1S/C16H21Cl2N5/c1-11(23(2)3)7-9-19-14-8-10-20-16(22-14)21-13-6-4-5-12(17)15(13)18/h4-6,8,10-11H,7,9H2,1-3H3,(H2,19,20,21,22). The number of hydrogen-bond donors (Lipinski definition) is 2. The van der Waals surface area contributed by atoms with Crippen LogP contribution in [0.2, 0.25) is 10.0 Å². The molecule has 0 spiro atoms. The lowest BCUT2D eigenvalue weighted by molar-refractivity contribution is 0.304. The van der Waals surface area contributed by atoms with Crippen LogP contribution in [0.4, 0.5) is 17.5 Å². The highest BCUT2D eigenvalue weighted by Gasteiger charge is 2.07. The van der Waals surface area contributed by atoms with Gasteiger partial charge in [0.1, 0.15) is 5.82 Å². The Morgan fingerprint density at radius 3 is 2.74 bits per heavy atom. The molecule has 0 radical (unpaired) electrons. The van der Waals surface area contributed by atoms with Gasteiger partial charge in [0.05, 0.1) is 15.7 Å². The quantitative estimate of drug-likeness (QED) is 0.777. The van der Waals surface area contributed by atoms with Gasteiger partial charge in [-0.2, -0.15) is 4.98 Å². The first-order chi connectivity index (χ1) is 11.0. The molecule has 2 rings (SSSR count). The molecule has 0 aliphatic heterocycles. The van der Waals surface area contributed by atoms with Crippen LogP contribution in [-0.4, -0.2) is 41.5 Å². The number of aromatic nitrogens is 2. The molecule has 1 heterocycles. The van der Waals surface area contributed by atoms with E-state index in [-0.39, 0.29) is 0 Å². The van der Waals surface area contributed by atoms with E-state index in [0.29, 0.717) is 27.7 Å². The highest BCUT2D eigenvalue weighted by molar-refractivity contribution is 6.43. The largest absolute Gasteiger partial charge is 0.370 e. The van der Waals surface area contributed by atoms with Crippen LogP contribution in [0.15, 0.2) is 30.5 Å². The normalized spacial score (nSPS) is 12.3. The Bertz CT molecular complexity index is 648. The van der Waals surface area contributed by atoms with Crippen molar-refractivity contribution in [3.8, 4) is 0 Å². The molecule has 0 saturated heterocycles. The summed E-state index contributed by atoms with van der Waals surface area (Å²) in [7, 11) is 4.15. The zero-order valence-electron chi connectivity index (χ0n) is 13.5. The van der Waals surface area contributed by atoms with Crippen molar-refractivity contribution in [1.29, 1.82) is 0 Å². The van der Waals surface area contributed by atoms with Crippen molar-refractivity contribution < 1.29 is 0 Å². The Hall–Kier alpha value is -1.56. The summed E-state index contributed by atoms with van der Waals surface area (Å²) < 4.78 is 0. The monoisotopic (exact) mass is 353 g/mol. The molecule has 1 atom stereocenters. The summed E-state index contributed by atoms with van der Waals surface area (Å²) in [5.41, 5.74) is 0.678. The van der Waals surface area contributed by atoms with Crippen LogP contribution in [0.25, 0.3) is 0 Å². The molecule has 0 aliphatic rings. The Labute approximate surface area is 147 Å². The first-order valence-electron chi connectivity index (χ1n) is 7.41. The Morgan fingerprint density at radius 1 is 1.22 bits per heavy atom. The van der Waals surface area contributed by atoms with Crippen molar-refractivity contribution in [2.45, 2.75) is 19.4 Å². The number of anilines is 3. The Kier molecular flexibility index (Phi) is 6.45. The molecule has 2 aromatic rings. The second kappa shape index (κ2) is 8.34. The van der Waals surface area contributed by atoms with Gasteiger partial charge in [0.15, 0.2) is 0 Å². The first kappa shape index (κ1) is 17.8. The number of rotatable bonds is 7. The maximum atomic E-state index is 6.16. The lowest BCUT2D eigenvalue weighted by Crippen LogP contribution is -2.26. The molecular formula is C16H21Cl2N5. The maximum Gasteiger partial charge on any atom is 0.229 e. The number of nitrogens with zero attached hydrogens (tertiary/aromatic N) is 3. The minimum atomic E-state index is 0.455. The van der Waals surface area contributed by atoms with Crippen molar-refractivity contribution in [3.05, 3.63) is 40.5 Å². The van der Waals surface area contributed by atoms with Crippen molar-refractivity contribution in [3.63, 3.8) is 0 Å². The minimum Gasteiger partial charge on any atom is -0.370 e. The maximum absolute atomic E-state index is 6.16. The molecule has 124 valence electrons. The van der Waals surface area contributed by atoms with Gasteiger partial charge in [0.2, 0.25) is 5.95 Å². The summed E-state index contributed by atoms with van der Waals surface area (Å²) in [4.78, 5) is 10.8. The molecule has 0 aliphatic carbocycles. The Morgan fingerprint density at radius 2 is 2.00 bits per heavy atom. The van der Waals surface area contributed by atoms with Gasteiger partial charge in [-0.05, 0) is 45.6 Å². The second-order valence-electron chi connectivity index (χ2n) is 5.52. The van der Waals surface area contributed by atoms with E-state index in [2.05, 4.69) is 46.5 Å². The summed E-state index contributed by atoms with van der Waals surface area (Å²) in [5.74, 6) is 1.24. The highest BCUT2D eigenvalue weighted by atomic mass is 35.5. The van der Waals surface area contributed by atoms with Crippen LogP contribution < -0.4 is 10.6 Å². The van der Waals surface area contributed by atoms with Crippen LogP contribution in [0, 0.1) is 0 Å². The van der Waals surface area contributed by atoms with Crippen molar-refractivity contribution >= 4 is 40.7 Å². The summed E-state index contributed by atoms with van der Waals surface area (Å²) in [6, 6.07) is 7.73. The van der Waals surface area contributed by atoms with Crippen molar-refractivity contribution in [1.82, 2.24) is 14.9 Å². The van der Waals surface area contributed by atoms with Crippen LogP contribution in [0.3, 0.4) is 0 Å². The molecule has 5 nitrogen and oxygen atoms in total. The van der Waals surface area contributed by atoms with Crippen molar-refractivity contribution in [2.75, 3.05) is 31.3 Å². The molecule has 0 bridgehead atoms. The summed E-state index contributed by atoms with van der Waals surface area (Å²) in [6.07, 6.45) is 2.73. The van der Waals surface area contributed by atoms with Crippen LogP contribution in [-0.2, 0) is 0 Å². The molecule has 7 heteroatoms. The molecule has 0 fully saturated rings. The van der Waals surface area contributed by atoms with Gasteiger partial charge in [0.25, 0.3) is 0 Å². The van der Waals surface area contributed by atoms with E-state index >= 15 is 0 Å². The SMILES string of the molecule is CC(CCNc1ccnc(Nc2cccc(Cl)c2Cl)n1)N(C)C. The fourth-order valence-electron chi connectivity index (χ4n) is 1.91. The second-order valence-corrected chi connectivity index (χ2v) is 6.31. The number of benzene rings is 1. The van der Waals surface area contributed by atoms with Crippen molar-refractivity contribution in [2.24, 2.45) is 0 Å². The predicted molar refractivity (Wildman–Crippen MR) is 98.0 cm³/mol. The number of halogens is 2. The topological polar surface area (TPSA) is 53.1 Å². The molecule has 23 heavy (non-hydrogen) atoms. The molecule has 1 unspecified atom stereocenters. The average molecular weight is 354 g/mol. The minimum absolute atomic E-state index is 0.455. The highest BCUT2D eigenvalue weighted by Crippen LogP contribution is 2.30. The van der Waals surface area contributed by atoms with E-state index in [1.165, 1.54) is 0 Å². The van der Waals surface area contributed by atoms with Gasteiger partial charge in [0, 0.05) is 18.8 Å². The number of hydrogen-bond acceptors (Lipinski definition) is 5. The molecule has 0 amide bonds. The molecule has 1 aromatic heterocycles. The first-order valence-corrected chi connectivity index (χ1v) is 8.17. The predicted octanol–water partition coefficient (Wildman–Crippen LogP) is 4.28. The summed E-state index contributed by atoms with van der Waals surface area (Å²) >= 11 is 12.2. The molecule has 2 N–H and O–H groups in total. The van der Waals surface area contributed by atoms with Gasteiger partial charge in [-0.3, -0.25) is 0 Å². The van der Waals surface area contributed by atoms with Gasteiger partial charge >= 0.3 is 0 Å². The van der Waals surface area contributed by atoms with Crippen LogP contribution >= 0.6 is 23.2 Å². The third-order valence-corrected chi connectivity index (χ3v) is 4.42. The van der Waals surface area contributed by atoms with Crippen LogP contribution in [0.1, 0.15) is 13.3 Å². The fraction of sp³-hybridized carbons (Fsp3) is 0.375. The lowest BCUT2D eigenvalue weighted by Gasteiger charge is -2.19. The number of nitrogens with one attached hydrogen (secondary N) is 2.